The second-order valence-electron chi connectivity index (χ2n) is 7.44. The minimum atomic E-state index is 0.620. The van der Waals surface area contributed by atoms with E-state index in [1.165, 1.54) is 11.1 Å². The molecule has 0 aliphatic heterocycles. The van der Waals surface area contributed by atoms with E-state index in [-0.39, 0.29) is 0 Å². The first kappa shape index (κ1) is 20.2. The average Bonchev–Trinajstić information content (AvgIpc) is 3.48. The van der Waals surface area contributed by atoms with Crippen LogP contribution in [0.5, 0.6) is 0 Å². The van der Waals surface area contributed by atoms with Crippen LogP contribution in [-0.2, 0) is 5.75 Å². The van der Waals surface area contributed by atoms with Crippen molar-refractivity contribution in [3.8, 4) is 28.5 Å². The molecule has 3 aromatic heterocycles. The standard InChI is InChI=1S/C25H21N5OS/c1-17-8-9-22(14-18(17)2)30-23(19-10-12-26-13-11-19)28-29-25(30)32-16-21-15-31-24(27-21)20-6-4-3-5-7-20/h3-15H,16H2,1-2H3. The summed E-state index contributed by atoms with van der Waals surface area (Å²) < 4.78 is 7.77. The fourth-order valence-corrected chi connectivity index (χ4v) is 4.20. The van der Waals surface area contributed by atoms with Crippen LogP contribution in [0.2, 0.25) is 0 Å². The molecule has 3 heterocycles. The highest BCUT2D eigenvalue weighted by molar-refractivity contribution is 7.98. The molecule has 0 unspecified atom stereocenters. The summed E-state index contributed by atoms with van der Waals surface area (Å²) in [5, 5.41) is 9.79. The first-order valence-corrected chi connectivity index (χ1v) is 11.2. The minimum absolute atomic E-state index is 0.620. The molecule has 158 valence electrons. The summed E-state index contributed by atoms with van der Waals surface area (Å²) in [5.74, 6) is 2.02. The van der Waals surface area contributed by atoms with Crippen molar-refractivity contribution in [1.82, 2.24) is 24.7 Å². The third kappa shape index (κ3) is 4.07. The largest absolute Gasteiger partial charge is 0.444 e. The Morgan fingerprint density at radius 3 is 2.47 bits per heavy atom. The molecule has 7 heteroatoms. The van der Waals surface area contributed by atoms with E-state index in [2.05, 4.69) is 56.8 Å². The Kier molecular flexibility index (Phi) is 5.56. The SMILES string of the molecule is Cc1ccc(-n2c(SCc3coc(-c4ccccc4)n3)nnc2-c2ccncc2)cc1C. The van der Waals surface area contributed by atoms with E-state index >= 15 is 0 Å². The quantitative estimate of drug-likeness (QED) is 0.307. The number of hydrogen-bond donors (Lipinski definition) is 0. The van der Waals surface area contributed by atoms with Crippen LogP contribution in [-0.4, -0.2) is 24.7 Å². The summed E-state index contributed by atoms with van der Waals surface area (Å²) in [4.78, 5) is 8.76. The fraction of sp³-hybridized carbons (Fsp3) is 0.120. The van der Waals surface area contributed by atoms with Gasteiger partial charge in [-0.15, -0.1) is 10.2 Å². The molecule has 0 N–H and O–H groups in total. The predicted octanol–water partition coefficient (Wildman–Crippen LogP) is 5.89. The fourth-order valence-electron chi connectivity index (χ4n) is 3.37. The van der Waals surface area contributed by atoms with Crippen molar-refractivity contribution in [2.24, 2.45) is 0 Å². The average molecular weight is 440 g/mol. The third-order valence-electron chi connectivity index (χ3n) is 5.24. The maximum absolute atomic E-state index is 5.68. The molecule has 32 heavy (non-hydrogen) atoms. The number of benzene rings is 2. The smallest absolute Gasteiger partial charge is 0.226 e. The van der Waals surface area contributed by atoms with Crippen molar-refractivity contribution in [2.75, 3.05) is 0 Å². The van der Waals surface area contributed by atoms with Crippen molar-refractivity contribution < 1.29 is 4.42 Å². The molecule has 0 aliphatic rings. The molecule has 0 atom stereocenters. The number of oxazole rings is 1. The van der Waals surface area contributed by atoms with E-state index in [0.29, 0.717) is 11.6 Å². The van der Waals surface area contributed by atoms with Crippen LogP contribution in [0.3, 0.4) is 0 Å². The lowest BCUT2D eigenvalue weighted by Gasteiger charge is -2.12. The molecule has 0 fully saturated rings. The molecule has 0 amide bonds. The van der Waals surface area contributed by atoms with Crippen molar-refractivity contribution in [2.45, 2.75) is 24.8 Å². The van der Waals surface area contributed by atoms with Gasteiger partial charge in [0.05, 0.1) is 11.4 Å². The normalized spacial score (nSPS) is 11.1. The highest BCUT2D eigenvalue weighted by Gasteiger charge is 2.17. The Balaban J connectivity index is 1.47. The topological polar surface area (TPSA) is 69.6 Å². The predicted molar refractivity (Wildman–Crippen MR) is 126 cm³/mol. The van der Waals surface area contributed by atoms with Gasteiger partial charge in [-0.05, 0) is 61.4 Å². The molecule has 0 saturated heterocycles. The van der Waals surface area contributed by atoms with Gasteiger partial charge in [0, 0.05) is 29.3 Å². The van der Waals surface area contributed by atoms with Gasteiger partial charge in [-0.25, -0.2) is 4.98 Å². The van der Waals surface area contributed by atoms with Crippen LogP contribution in [0.4, 0.5) is 0 Å². The first-order chi connectivity index (χ1) is 15.7. The van der Waals surface area contributed by atoms with Gasteiger partial charge in [-0.1, -0.05) is 36.0 Å². The number of aromatic nitrogens is 5. The maximum atomic E-state index is 5.68. The molecular formula is C25H21N5OS. The molecule has 6 nitrogen and oxygen atoms in total. The summed E-state index contributed by atoms with van der Waals surface area (Å²) in [6, 6.07) is 20.2. The molecule has 5 aromatic rings. The summed E-state index contributed by atoms with van der Waals surface area (Å²) in [7, 11) is 0. The lowest BCUT2D eigenvalue weighted by Crippen LogP contribution is -2.01. The summed E-state index contributed by atoms with van der Waals surface area (Å²) in [5.41, 5.74) is 6.27. The Morgan fingerprint density at radius 2 is 1.69 bits per heavy atom. The lowest BCUT2D eigenvalue weighted by molar-refractivity contribution is 0.573. The maximum Gasteiger partial charge on any atom is 0.226 e. The van der Waals surface area contributed by atoms with Gasteiger partial charge in [-0.2, -0.15) is 0 Å². The molecule has 0 radical (unpaired) electrons. The number of hydrogen-bond acceptors (Lipinski definition) is 6. The Labute approximate surface area is 190 Å². The molecule has 2 aromatic carbocycles. The summed E-state index contributed by atoms with van der Waals surface area (Å²) in [6.45, 7) is 4.22. The summed E-state index contributed by atoms with van der Waals surface area (Å²) >= 11 is 1.58. The molecule has 0 bridgehead atoms. The van der Waals surface area contributed by atoms with E-state index in [9.17, 15) is 0 Å². The Hall–Kier alpha value is -3.71. The molecule has 0 saturated carbocycles. The number of nitrogens with zero attached hydrogens (tertiary/aromatic N) is 5. The monoisotopic (exact) mass is 439 g/mol. The molecule has 0 aliphatic carbocycles. The van der Waals surface area contributed by atoms with Crippen LogP contribution < -0.4 is 0 Å². The molecule has 0 spiro atoms. The van der Waals surface area contributed by atoms with E-state index in [1.807, 2.05) is 42.5 Å². The number of aryl methyl sites for hydroxylation is 2. The summed E-state index contributed by atoms with van der Waals surface area (Å²) in [6.07, 6.45) is 5.24. The van der Waals surface area contributed by atoms with Crippen LogP contribution >= 0.6 is 11.8 Å². The van der Waals surface area contributed by atoms with Crippen molar-refractivity contribution in [1.29, 1.82) is 0 Å². The van der Waals surface area contributed by atoms with Crippen LogP contribution in [0.1, 0.15) is 16.8 Å². The second-order valence-corrected chi connectivity index (χ2v) is 8.39. The van der Waals surface area contributed by atoms with Crippen molar-refractivity contribution in [3.63, 3.8) is 0 Å². The van der Waals surface area contributed by atoms with Gasteiger partial charge >= 0.3 is 0 Å². The van der Waals surface area contributed by atoms with E-state index in [4.69, 9.17) is 4.42 Å². The van der Waals surface area contributed by atoms with Crippen molar-refractivity contribution >= 4 is 11.8 Å². The van der Waals surface area contributed by atoms with Crippen LogP contribution in [0.15, 0.2) is 88.9 Å². The number of thioether (sulfide) groups is 1. The van der Waals surface area contributed by atoms with E-state index < -0.39 is 0 Å². The first-order valence-electron chi connectivity index (χ1n) is 10.2. The van der Waals surface area contributed by atoms with Crippen LogP contribution in [0, 0.1) is 13.8 Å². The highest BCUT2D eigenvalue weighted by atomic mass is 32.2. The minimum Gasteiger partial charge on any atom is -0.444 e. The zero-order chi connectivity index (χ0) is 21.9. The highest BCUT2D eigenvalue weighted by Crippen LogP contribution is 2.30. The van der Waals surface area contributed by atoms with Gasteiger partial charge in [0.15, 0.2) is 11.0 Å². The lowest BCUT2D eigenvalue weighted by atomic mass is 10.1. The number of pyridine rings is 1. The van der Waals surface area contributed by atoms with Gasteiger partial charge in [0.25, 0.3) is 0 Å². The van der Waals surface area contributed by atoms with E-state index in [1.54, 1.807) is 30.4 Å². The van der Waals surface area contributed by atoms with Crippen molar-refractivity contribution in [3.05, 3.63) is 96.1 Å². The Bertz CT molecular complexity index is 1350. The van der Waals surface area contributed by atoms with E-state index in [0.717, 1.165) is 33.5 Å². The van der Waals surface area contributed by atoms with Gasteiger partial charge in [0.2, 0.25) is 5.89 Å². The van der Waals surface area contributed by atoms with Gasteiger partial charge in [-0.3, -0.25) is 9.55 Å². The third-order valence-corrected chi connectivity index (χ3v) is 6.20. The molecule has 5 rings (SSSR count). The second kappa shape index (κ2) is 8.80. The van der Waals surface area contributed by atoms with Crippen LogP contribution in [0.25, 0.3) is 28.5 Å². The zero-order valence-electron chi connectivity index (χ0n) is 17.8. The van der Waals surface area contributed by atoms with Gasteiger partial charge < -0.3 is 4.42 Å². The zero-order valence-corrected chi connectivity index (χ0v) is 18.6. The molecular weight excluding hydrogens is 418 g/mol. The number of rotatable bonds is 6. The van der Waals surface area contributed by atoms with Gasteiger partial charge in [0.1, 0.15) is 6.26 Å². The Morgan fingerprint density at radius 1 is 0.875 bits per heavy atom.